The summed E-state index contributed by atoms with van der Waals surface area (Å²) in [6.07, 6.45) is 12.7. The van der Waals surface area contributed by atoms with Crippen molar-refractivity contribution in [3.8, 4) is 18.1 Å². The van der Waals surface area contributed by atoms with Gasteiger partial charge >= 0.3 is 0 Å². The number of fused-ring (bicyclic) bond motifs is 1. The zero-order valence-electron chi connectivity index (χ0n) is 21.5. The summed E-state index contributed by atoms with van der Waals surface area (Å²) < 4.78 is 8.75. The number of rotatable bonds is 10. The average Bonchev–Trinajstić information content (AvgIpc) is 3.49. The molecule has 1 aromatic heterocycles. The number of thioether (sulfide) groups is 1. The number of aromatic nitrogens is 2. The van der Waals surface area contributed by atoms with Gasteiger partial charge in [-0.3, -0.25) is 9.59 Å². The lowest BCUT2D eigenvalue weighted by Gasteiger charge is -2.25. The summed E-state index contributed by atoms with van der Waals surface area (Å²) >= 11 is 1.62. The normalized spacial score (nSPS) is 13.3. The van der Waals surface area contributed by atoms with E-state index >= 15 is 0 Å². The Balaban J connectivity index is 1.45. The van der Waals surface area contributed by atoms with Crippen molar-refractivity contribution >= 4 is 23.5 Å². The summed E-state index contributed by atoms with van der Waals surface area (Å²) in [5, 5.41) is 2.71. The highest BCUT2D eigenvalue weighted by Gasteiger charge is 2.25. The third-order valence-electron chi connectivity index (χ3n) is 6.73. The second-order valence-corrected chi connectivity index (χ2v) is 10.4. The Morgan fingerprint density at radius 1 is 1.13 bits per heavy atom. The molecule has 5 rings (SSSR count). The number of ketones is 1. The van der Waals surface area contributed by atoms with Crippen molar-refractivity contribution in [2.24, 2.45) is 0 Å². The largest absolute Gasteiger partial charge is 0.484 e. The minimum absolute atomic E-state index is 0.180. The molecule has 1 amide bonds. The number of benzene rings is 3. The highest BCUT2D eigenvalue weighted by molar-refractivity contribution is 7.98. The lowest BCUT2D eigenvalue weighted by Crippen LogP contribution is -2.23. The van der Waals surface area contributed by atoms with Gasteiger partial charge in [0.05, 0.1) is 19.4 Å². The molecule has 0 saturated carbocycles. The zero-order chi connectivity index (χ0) is 27.0. The maximum Gasteiger partial charge on any atom is 0.252 e. The highest BCUT2D eigenvalue weighted by Crippen LogP contribution is 2.38. The molecule has 0 unspecified atom stereocenters. The first-order valence-corrected chi connectivity index (χ1v) is 13.9. The van der Waals surface area contributed by atoms with E-state index in [2.05, 4.69) is 28.4 Å². The average molecular weight is 536 g/mol. The Kier molecular flexibility index (Phi) is 8.45. The first-order chi connectivity index (χ1) is 19.1. The van der Waals surface area contributed by atoms with Crippen LogP contribution in [-0.2, 0) is 18.7 Å². The molecule has 1 heterocycles. The Hall–Kier alpha value is -4.28. The van der Waals surface area contributed by atoms with Gasteiger partial charge < -0.3 is 14.6 Å². The number of terminal acetylenes is 1. The molecule has 4 aromatic rings. The Labute approximate surface area is 232 Å². The topological polar surface area (TPSA) is 73.2 Å². The minimum atomic E-state index is -0.246. The minimum Gasteiger partial charge on any atom is -0.484 e. The number of hydrogen-bond donors (Lipinski definition) is 1. The molecule has 7 heteroatoms. The SMILES string of the molecule is C#CCNC(=O)c1cccc(SCc2c(O[C@H](Cn3ccnc3)c3ccccc3)ccc3c2CCCC3=O)c1. The fourth-order valence-electron chi connectivity index (χ4n) is 4.78. The summed E-state index contributed by atoms with van der Waals surface area (Å²) in [4.78, 5) is 30.3. The molecule has 6 nitrogen and oxygen atoms in total. The molecule has 0 aliphatic heterocycles. The third-order valence-corrected chi connectivity index (χ3v) is 7.75. The standard InChI is InChI=1S/C32H29N3O3S/c1-2-16-34-32(37)24-10-6-11-25(19-24)39-21-28-26-12-7-13-29(36)27(26)14-15-30(28)38-31(20-35-18-17-33-22-35)23-8-4-3-5-9-23/h1,3-6,8-11,14-15,17-19,22,31H,7,12-13,16,20-21H2,(H,34,37)/t31-/m1/s1. The van der Waals surface area contributed by atoms with E-state index in [1.54, 1.807) is 30.4 Å². The number of amides is 1. The highest BCUT2D eigenvalue weighted by atomic mass is 32.2. The summed E-state index contributed by atoms with van der Waals surface area (Å²) in [5.74, 6) is 3.78. The molecule has 39 heavy (non-hydrogen) atoms. The number of ether oxygens (including phenoxy) is 1. The number of nitrogens with zero attached hydrogens (tertiary/aromatic N) is 2. The monoisotopic (exact) mass is 535 g/mol. The molecule has 0 fully saturated rings. The molecule has 0 saturated heterocycles. The van der Waals surface area contributed by atoms with Crippen molar-refractivity contribution in [2.75, 3.05) is 6.54 Å². The van der Waals surface area contributed by atoms with Gasteiger partial charge in [-0.25, -0.2) is 4.98 Å². The van der Waals surface area contributed by atoms with Gasteiger partial charge in [0, 0.05) is 46.2 Å². The summed E-state index contributed by atoms with van der Waals surface area (Å²) in [6, 6.07) is 21.5. The van der Waals surface area contributed by atoms with E-state index < -0.39 is 0 Å². The number of nitrogens with one attached hydrogen (secondary N) is 1. The molecule has 196 valence electrons. The van der Waals surface area contributed by atoms with E-state index in [4.69, 9.17) is 11.2 Å². The maximum absolute atomic E-state index is 12.8. The van der Waals surface area contributed by atoms with Gasteiger partial charge in [0.1, 0.15) is 11.9 Å². The van der Waals surface area contributed by atoms with Gasteiger partial charge in [-0.1, -0.05) is 42.3 Å². The van der Waals surface area contributed by atoms with E-state index in [0.29, 0.717) is 24.3 Å². The molecule has 1 atom stereocenters. The molecule has 0 spiro atoms. The Bertz CT molecular complexity index is 1490. The van der Waals surface area contributed by atoms with Gasteiger partial charge in [0.15, 0.2) is 5.78 Å². The van der Waals surface area contributed by atoms with Gasteiger partial charge in [0.25, 0.3) is 5.91 Å². The van der Waals surface area contributed by atoms with Crippen LogP contribution >= 0.6 is 11.8 Å². The fraction of sp³-hybridized carbons (Fsp3) is 0.219. The second-order valence-electron chi connectivity index (χ2n) is 9.33. The van der Waals surface area contributed by atoms with Crippen LogP contribution in [0.4, 0.5) is 0 Å². The van der Waals surface area contributed by atoms with Crippen molar-refractivity contribution in [1.82, 2.24) is 14.9 Å². The first-order valence-electron chi connectivity index (χ1n) is 12.9. The maximum atomic E-state index is 12.8. The smallest absolute Gasteiger partial charge is 0.252 e. The van der Waals surface area contributed by atoms with Crippen molar-refractivity contribution in [3.63, 3.8) is 0 Å². The van der Waals surface area contributed by atoms with Crippen molar-refractivity contribution in [1.29, 1.82) is 0 Å². The van der Waals surface area contributed by atoms with Crippen LogP contribution < -0.4 is 10.1 Å². The van der Waals surface area contributed by atoms with Gasteiger partial charge in [-0.05, 0) is 54.3 Å². The fourth-order valence-corrected chi connectivity index (χ4v) is 5.79. The molecule has 1 aliphatic carbocycles. The van der Waals surface area contributed by atoms with E-state index in [0.717, 1.165) is 45.7 Å². The molecular weight excluding hydrogens is 506 g/mol. The second kappa shape index (κ2) is 12.5. The van der Waals surface area contributed by atoms with Gasteiger partial charge in [0.2, 0.25) is 0 Å². The number of carbonyl (C=O) groups excluding carboxylic acids is 2. The number of imidazole rings is 1. The van der Waals surface area contributed by atoms with Crippen LogP contribution in [0.25, 0.3) is 0 Å². The molecule has 0 radical (unpaired) electrons. The zero-order valence-corrected chi connectivity index (χ0v) is 22.3. The number of carbonyl (C=O) groups is 2. The van der Waals surface area contributed by atoms with Crippen molar-refractivity contribution in [2.45, 2.75) is 42.6 Å². The van der Waals surface area contributed by atoms with Crippen LogP contribution in [0.15, 0.2) is 90.3 Å². The molecule has 3 aromatic carbocycles. The lowest BCUT2D eigenvalue weighted by atomic mass is 9.87. The molecule has 1 N–H and O–H groups in total. The summed E-state index contributed by atoms with van der Waals surface area (Å²) in [7, 11) is 0. The summed E-state index contributed by atoms with van der Waals surface area (Å²) in [5.41, 5.74) is 4.50. The van der Waals surface area contributed by atoms with Crippen LogP contribution in [0.3, 0.4) is 0 Å². The van der Waals surface area contributed by atoms with Gasteiger partial charge in [-0.15, -0.1) is 18.2 Å². The van der Waals surface area contributed by atoms with E-state index in [9.17, 15) is 9.59 Å². The van der Waals surface area contributed by atoms with E-state index in [1.165, 1.54) is 0 Å². The third kappa shape index (κ3) is 6.42. The van der Waals surface area contributed by atoms with Crippen LogP contribution in [-0.4, -0.2) is 27.8 Å². The van der Waals surface area contributed by atoms with Gasteiger partial charge in [-0.2, -0.15) is 0 Å². The number of hydrogen-bond acceptors (Lipinski definition) is 5. The van der Waals surface area contributed by atoms with Crippen LogP contribution in [0.1, 0.15) is 56.4 Å². The summed E-state index contributed by atoms with van der Waals surface area (Å²) in [6.45, 7) is 0.782. The predicted molar refractivity (Wildman–Crippen MR) is 153 cm³/mol. The Morgan fingerprint density at radius 2 is 2.00 bits per heavy atom. The number of Topliss-reactive ketones (excluding diaryl/α,β-unsaturated/α-hetero) is 1. The van der Waals surface area contributed by atoms with Crippen LogP contribution in [0.2, 0.25) is 0 Å². The lowest BCUT2D eigenvalue weighted by molar-refractivity contribution is 0.0954. The quantitative estimate of drug-likeness (QED) is 0.203. The molecule has 1 aliphatic rings. The van der Waals surface area contributed by atoms with Crippen LogP contribution in [0, 0.1) is 12.3 Å². The first kappa shape index (κ1) is 26.3. The van der Waals surface area contributed by atoms with E-state index in [-0.39, 0.29) is 24.3 Å². The van der Waals surface area contributed by atoms with E-state index in [1.807, 2.05) is 59.3 Å². The Morgan fingerprint density at radius 3 is 2.79 bits per heavy atom. The van der Waals surface area contributed by atoms with Crippen LogP contribution in [0.5, 0.6) is 5.75 Å². The van der Waals surface area contributed by atoms with Crippen molar-refractivity contribution < 1.29 is 14.3 Å². The molecular formula is C32H29N3O3S. The van der Waals surface area contributed by atoms with Crippen molar-refractivity contribution in [3.05, 3.63) is 113 Å². The molecule has 0 bridgehead atoms. The predicted octanol–water partition coefficient (Wildman–Crippen LogP) is 5.88.